The second kappa shape index (κ2) is 9.54. The van der Waals surface area contributed by atoms with Gasteiger partial charge in [0.05, 0.1) is 11.1 Å². The molecule has 0 unspecified atom stereocenters. The number of sulfonamides is 1. The number of amides is 1. The van der Waals surface area contributed by atoms with Crippen LogP contribution in [-0.4, -0.2) is 24.0 Å². The van der Waals surface area contributed by atoms with E-state index in [-0.39, 0.29) is 11.4 Å². The molecule has 4 rings (SSSR count). The van der Waals surface area contributed by atoms with Crippen molar-refractivity contribution in [2.75, 3.05) is 0 Å². The summed E-state index contributed by atoms with van der Waals surface area (Å²) in [7, 11) is -4.26. The first-order valence-corrected chi connectivity index (χ1v) is 12.0. The van der Waals surface area contributed by atoms with Crippen LogP contribution in [-0.2, 0) is 16.6 Å². The summed E-state index contributed by atoms with van der Waals surface area (Å²) in [6.07, 6.45) is 2.42. The van der Waals surface area contributed by atoms with Crippen LogP contribution in [0.1, 0.15) is 15.9 Å². The summed E-state index contributed by atoms with van der Waals surface area (Å²) in [5.41, 5.74) is 1.32. The summed E-state index contributed by atoms with van der Waals surface area (Å²) in [4.78, 5) is 25.0. The van der Waals surface area contributed by atoms with Gasteiger partial charge in [-0.15, -0.1) is 0 Å². The zero-order valence-electron chi connectivity index (χ0n) is 17.7. The van der Waals surface area contributed by atoms with Gasteiger partial charge in [-0.3, -0.25) is 9.59 Å². The molecule has 1 amide bonds. The highest BCUT2D eigenvalue weighted by molar-refractivity contribution is 7.90. The van der Waals surface area contributed by atoms with Gasteiger partial charge in [-0.25, -0.2) is 13.1 Å². The van der Waals surface area contributed by atoms with E-state index in [1.54, 1.807) is 0 Å². The molecule has 0 radical (unpaired) electrons. The van der Waals surface area contributed by atoms with E-state index in [0.29, 0.717) is 5.02 Å². The number of halogens is 1. The van der Waals surface area contributed by atoms with Gasteiger partial charge in [-0.2, -0.15) is 0 Å². The molecule has 34 heavy (non-hydrogen) atoms. The molecule has 0 atom stereocenters. The van der Waals surface area contributed by atoms with Gasteiger partial charge < -0.3 is 9.67 Å². The van der Waals surface area contributed by atoms with Crippen molar-refractivity contribution in [2.24, 2.45) is 0 Å². The molecule has 0 aliphatic rings. The highest BCUT2D eigenvalue weighted by atomic mass is 35.5. The molecule has 0 aliphatic heterocycles. The molecule has 4 aromatic rings. The van der Waals surface area contributed by atoms with E-state index in [1.165, 1.54) is 41.2 Å². The fourth-order valence-electron chi connectivity index (χ4n) is 3.47. The molecule has 0 spiro atoms. The minimum absolute atomic E-state index is 0.192. The Labute approximate surface area is 200 Å². The van der Waals surface area contributed by atoms with Gasteiger partial charge in [0.15, 0.2) is 5.75 Å². The largest absolute Gasteiger partial charge is 0.503 e. The Morgan fingerprint density at radius 1 is 0.912 bits per heavy atom. The molecule has 0 saturated carbocycles. The van der Waals surface area contributed by atoms with Gasteiger partial charge in [-0.05, 0) is 41.0 Å². The second-order valence-electron chi connectivity index (χ2n) is 7.47. The molecule has 7 nitrogen and oxygen atoms in total. The van der Waals surface area contributed by atoms with Gasteiger partial charge in [0, 0.05) is 17.8 Å². The Morgan fingerprint density at radius 3 is 2.26 bits per heavy atom. The quantitative estimate of drug-likeness (QED) is 0.421. The number of hydrogen-bond donors (Lipinski definition) is 2. The van der Waals surface area contributed by atoms with Crippen LogP contribution in [0, 0.1) is 0 Å². The zero-order chi connectivity index (χ0) is 24.3. The van der Waals surface area contributed by atoms with Crippen LogP contribution in [0.25, 0.3) is 11.1 Å². The van der Waals surface area contributed by atoms with Crippen LogP contribution in [0.4, 0.5) is 0 Å². The molecule has 2 N–H and O–H groups in total. The summed E-state index contributed by atoms with van der Waals surface area (Å²) in [5, 5.41) is 10.5. The number of nitrogens with one attached hydrogen (secondary N) is 1. The van der Waals surface area contributed by atoms with Crippen molar-refractivity contribution in [3.63, 3.8) is 0 Å². The molecule has 0 saturated heterocycles. The van der Waals surface area contributed by atoms with Crippen LogP contribution in [0.15, 0.2) is 101 Å². The van der Waals surface area contributed by atoms with E-state index in [2.05, 4.69) is 0 Å². The first-order chi connectivity index (χ1) is 16.2. The number of carbonyl (C=O) groups is 1. The number of pyridine rings is 1. The fraction of sp³-hybridized carbons (Fsp3) is 0.0400. The Kier molecular flexibility index (Phi) is 6.54. The summed E-state index contributed by atoms with van der Waals surface area (Å²) >= 11 is 5.78. The Hall–Kier alpha value is -3.88. The van der Waals surface area contributed by atoms with Crippen LogP contribution in [0.3, 0.4) is 0 Å². The molecule has 0 aliphatic carbocycles. The normalized spacial score (nSPS) is 11.2. The lowest BCUT2D eigenvalue weighted by molar-refractivity contribution is 0.0979. The molecular formula is C25H19ClN2O5S. The third-order valence-corrected chi connectivity index (χ3v) is 6.71. The van der Waals surface area contributed by atoms with Crippen molar-refractivity contribution < 1.29 is 18.3 Å². The SMILES string of the molecule is O=C(NS(=O)(=O)c1ccc(Cl)cc1)c1cn(Cc2ccccc2-c2ccccc2)cc(O)c1=O. The van der Waals surface area contributed by atoms with E-state index in [9.17, 15) is 23.1 Å². The highest BCUT2D eigenvalue weighted by Crippen LogP contribution is 2.24. The zero-order valence-corrected chi connectivity index (χ0v) is 19.3. The second-order valence-corrected chi connectivity index (χ2v) is 9.59. The van der Waals surface area contributed by atoms with Crippen molar-refractivity contribution in [1.29, 1.82) is 0 Å². The van der Waals surface area contributed by atoms with E-state index < -0.39 is 32.7 Å². The molecule has 1 heterocycles. The average Bonchev–Trinajstić information content (AvgIpc) is 2.82. The van der Waals surface area contributed by atoms with Crippen molar-refractivity contribution in [2.45, 2.75) is 11.4 Å². The fourth-order valence-corrected chi connectivity index (χ4v) is 4.56. The van der Waals surface area contributed by atoms with Gasteiger partial charge in [0.2, 0.25) is 5.43 Å². The minimum Gasteiger partial charge on any atom is -0.503 e. The molecule has 0 fully saturated rings. The summed E-state index contributed by atoms with van der Waals surface area (Å²) in [6.45, 7) is 0.225. The lowest BCUT2D eigenvalue weighted by Gasteiger charge is -2.14. The summed E-state index contributed by atoms with van der Waals surface area (Å²) in [5.74, 6) is -1.82. The van der Waals surface area contributed by atoms with Crippen LogP contribution >= 0.6 is 11.6 Å². The van der Waals surface area contributed by atoms with Crippen molar-refractivity contribution in [1.82, 2.24) is 9.29 Å². The Bertz CT molecular complexity index is 1520. The third kappa shape index (κ3) is 5.03. The Morgan fingerprint density at radius 2 is 1.56 bits per heavy atom. The number of hydrogen-bond acceptors (Lipinski definition) is 5. The van der Waals surface area contributed by atoms with Crippen LogP contribution < -0.4 is 10.2 Å². The molecule has 172 valence electrons. The van der Waals surface area contributed by atoms with E-state index in [1.807, 2.05) is 59.3 Å². The Balaban J connectivity index is 1.66. The topological polar surface area (TPSA) is 105 Å². The third-order valence-electron chi connectivity index (χ3n) is 5.11. The number of rotatable bonds is 6. The maximum atomic E-state index is 12.7. The number of carbonyl (C=O) groups excluding carboxylic acids is 1. The molecule has 3 aromatic carbocycles. The van der Waals surface area contributed by atoms with Crippen molar-refractivity contribution in [3.05, 3.63) is 118 Å². The monoisotopic (exact) mass is 494 g/mol. The smallest absolute Gasteiger partial charge is 0.270 e. The van der Waals surface area contributed by atoms with Crippen LogP contribution in [0.2, 0.25) is 5.02 Å². The van der Waals surface area contributed by atoms with Gasteiger partial charge in [0.25, 0.3) is 15.9 Å². The van der Waals surface area contributed by atoms with E-state index >= 15 is 0 Å². The van der Waals surface area contributed by atoms with E-state index in [0.717, 1.165) is 16.7 Å². The standard InChI is InChI=1S/C25H19ClN2O5S/c26-19-10-12-20(13-11-19)34(32,33)27-25(31)22-15-28(16-23(29)24(22)30)14-18-8-4-5-9-21(18)17-6-2-1-3-7-17/h1-13,15-16,29H,14H2,(H,27,31). The minimum atomic E-state index is -4.26. The molecule has 0 bridgehead atoms. The average molecular weight is 495 g/mol. The summed E-state index contributed by atoms with van der Waals surface area (Å²) < 4.78 is 28.4. The highest BCUT2D eigenvalue weighted by Gasteiger charge is 2.22. The number of aromatic nitrogens is 1. The van der Waals surface area contributed by atoms with Gasteiger partial charge >= 0.3 is 0 Å². The van der Waals surface area contributed by atoms with Gasteiger partial charge in [0.1, 0.15) is 5.56 Å². The number of aromatic hydroxyl groups is 1. The van der Waals surface area contributed by atoms with Gasteiger partial charge in [-0.1, -0.05) is 66.2 Å². The predicted molar refractivity (Wildman–Crippen MR) is 129 cm³/mol. The van der Waals surface area contributed by atoms with E-state index in [4.69, 9.17) is 11.6 Å². The van der Waals surface area contributed by atoms with Crippen molar-refractivity contribution in [3.8, 4) is 16.9 Å². The maximum Gasteiger partial charge on any atom is 0.270 e. The predicted octanol–water partition coefficient (Wildman–Crippen LogP) is 4.04. The number of nitrogens with zero attached hydrogens (tertiary/aromatic N) is 1. The molecular weight excluding hydrogens is 476 g/mol. The van der Waals surface area contributed by atoms with Crippen molar-refractivity contribution >= 4 is 27.5 Å². The first-order valence-electron chi connectivity index (χ1n) is 10.1. The lowest BCUT2D eigenvalue weighted by Crippen LogP contribution is -2.34. The number of benzene rings is 3. The molecule has 9 heteroatoms. The summed E-state index contributed by atoms with van der Waals surface area (Å²) in [6, 6.07) is 22.5. The maximum absolute atomic E-state index is 12.7. The lowest BCUT2D eigenvalue weighted by atomic mass is 9.99. The molecule has 1 aromatic heterocycles. The van der Waals surface area contributed by atoms with Crippen LogP contribution in [0.5, 0.6) is 5.75 Å². The first kappa shape index (κ1) is 23.3.